The third-order valence-electron chi connectivity index (χ3n) is 2.12. The van der Waals surface area contributed by atoms with Crippen LogP contribution in [0.3, 0.4) is 0 Å². The smallest absolute Gasteiger partial charge is 0.248 e. The molecule has 0 aliphatic carbocycles. The summed E-state index contributed by atoms with van der Waals surface area (Å²) in [6.07, 6.45) is 3.13. The zero-order valence-electron chi connectivity index (χ0n) is 10.2. The van der Waals surface area contributed by atoms with Gasteiger partial charge in [-0.1, -0.05) is 6.08 Å². The molecule has 0 aromatic heterocycles. The molecule has 0 unspecified atom stereocenters. The van der Waals surface area contributed by atoms with Crippen LogP contribution in [0.15, 0.2) is 30.4 Å². The Labute approximate surface area is 101 Å². The second-order valence-electron chi connectivity index (χ2n) is 3.70. The Hall–Kier alpha value is -2.10. The molecule has 0 saturated heterocycles. The van der Waals surface area contributed by atoms with Gasteiger partial charge in [-0.2, -0.15) is 0 Å². The van der Waals surface area contributed by atoms with Crippen molar-refractivity contribution in [3.05, 3.63) is 35.9 Å². The van der Waals surface area contributed by atoms with Crippen LogP contribution < -0.4 is 10.6 Å². The molecule has 0 aliphatic rings. The molecule has 2 amide bonds. The number of rotatable bonds is 3. The fourth-order valence-electron chi connectivity index (χ4n) is 1.41. The average molecular weight is 232 g/mol. The highest BCUT2D eigenvalue weighted by molar-refractivity contribution is 5.99. The van der Waals surface area contributed by atoms with E-state index in [0.717, 1.165) is 11.3 Å². The first-order valence-corrected chi connectivity index (χ1v) is 5.35. The monoisotopic (exact) mass is 232 g/mol. The highest BCUT2D eigenvalue weighted by atomic mass is 16.2. The van der Waals surface area contributed by atoms with Crippen LogP contribution in [0.25, 0.3) is 0 Å². The predicted octanol–water partition coefficient (Wildman–Crippen LogP) is 2.47. The Kier molecular flexibility index (Phi) is 4.46. The van der Waals surface area contributed by atoms with Crippen molar-refractivity contribution in [2.75, 3.05) is 10.6 Å². The van der Waals surface area contributed by atoms with Gasteiger partial charge in [-0.3, -0.25) is 9.59 Å². The van der Waals surface area contributed by atoms with E-state index in [1.165, 1.54) is 13.0 Å². The predicted molar refractivity (Wildman–Crippen MR) is 68.9 cm³/mol. The zero-order valence-corrected chi connectivity index (χ0v) is 10.2. The van der Waals surface area contributed by atoms with Crippen LogP contribution in [0.4, 0.5) is 11.4 Å². The number of hydrogen-bond donors (Lipinski definition) is 2. The first-order chi connectivity index (χ1) is 8.02. The number of anilines is 2. The van der Waals surface area contributed by atoms with Crippen LogP contribution in [-0.4, -0.2) is 11.8 Å². The Morgan fingerprint density at radius 1 is 1.24 bits per heavy atom. The normalized spacial score (nSPS) is 10.3. The molecule has 0 fully saturated rings. The lowest BCUT2D eigenvalue weighted by Gasteiger charge is -2.09. The van der Waals surface area contributed by atoms with E-state index in [4.69, 9.17) is 0 Å². The van der Waals surface area contributed by atoms with Crippen molar-refractivity contribution >= 4 is 23.2 Å². The summed E-state index contributed by atoms with van der Waals surface area (Å²) in [5.41, 5.74) is 2.36. The van der Waals surface area contributed by atoms with Gasteiger partial charge in [-0.25, -0.2) is 0 Å². The zero-order chi connectivity index (χ0) is 12.8. The molecule has 0 heterocycles. The van der Waals surface area contributed by atoms with Crippen molar-refractivity contribution in [3.8, 4) is 0 Å². The number of aryl methyl sites for hydroxylation is 1. The van der Waals surface area contributed by atoms with E-state index < -0.39 is 0 Å². The molecule has 90 valence electrons. The Balaban J connectivity index is 2.81. The van der Waals surface area contributed by atoms with Gasteiger partial charge in [-0.05, 0) is 43.7 Å². The number of amides is 2. The Morgan fingerprint density at radius 3 is 2.47 bits per heavy atom. The van der Waals surface area contributed by atoms with Crippen molar-refractivity contribution in [1.29, 1.82) is 0 Å². The maximum absolute atomic E-state index is 11.3. The van der Waals surface area contributed by atoms with Crippen molar-refractivity contribution < 1.29 is 9.59 Å². The molecule has 0 radical (unpaired) electrons. The minimum absolute atomic E-state index is 0.112. The second-order valence-corrected chi connectivity index (χ2v) is 3.70. The van der Waals surface area contributed by atoms with Crippen LogP contribution in [0, 0.1) is 6.92 Å². The number of allylic oxidation sites excluding steroid dienone is 1. The number of carbonyl (C=O) groups is 2. The summed E-state index contributed by atoms with van der Waals surface area (Å²) >= 11 is 0. The van der Waals surface area contributed by atoms with Gasteiger partial charge in [0, 0.05) is 18.3 Å². The number of hydrogen-bond acceptors (Lipinski definition) is 2. The first-order valence-electron chi connectivity index (χ1n) is 5.35. The molecule has 0 spiro atoms. The highest BCUT2D eigenvalue weighted by Gasteiger charge is 2.03. The van der Waals surface area contributed by atoms with Gasteiger partial charge in [0.2, 0.25) is 11.8 Å². The largest absolute Gasteiger partial charge is 0.326 e. The Morgan fingerprint density at radius 2 is 1.94 bits per heavy atom. The lowest BCUT2D eigenvalue weighted by atomic mass is 10.1. The van der Waals surface area contributed by atoms with Gasteiger partial charge in [0.15, 0.2) is 0 Å². The summed E-state index contributed by atoms with van der Waals surface area (Å²) in [4.78, 5) is 22.2. The van der Waals surface area contributed by atoms with Gasteiger partial charge >= 0.3 is 0 Å². The fraction of sp³-hybridized carbons (Fsp3) is 0.231. The van der Waals surface area contributed by atoms with Gasteiger partial charge in [-0.15, -0.1) is 0 Å². The number of carbonyl (C=O) groups excluding carboxylic acids is 2. The minimum atomic E-state index is -0.167. The van der Waals surface area contributed by atoms with Crippen LogP contribution in [-0.2, 0) is 9.59 Å². The van der Waals surface area contributed by atoms with Crippen LogP contribution in [0.2, 0.25) is 0 Å². The second kappa shape index (κ2) is 5.84. The quantitative estimate of drug-likeness (QED) is 0.786. The number of benzene rings is 1. The SMILES string of the molecule is C/C=C/C(=O)Nc1ccc(NC(C)=O)c(C)c1. The molecule has 0 saturated carbocycles. The van der Waals surface area contributed by atoms with E-state index in [0.29, 0.717) is 5.69 Å². The minimum Gasteiger partial charge on any atom is -0.326 e. The maximum atomic E-state index is 11.3. The molecule has 0 aliphatic heterocycles. The Bertz CT molecular complexity index is 464. The third kappa shape index (κ3) is 4.10. The molecule has 4 heteroatoms. The summed E-state index contributed by atoms with van der Waals surface area (Å²) in [6.45, 7) is 5.11. The van der Waals surface area contributed by atoms with Crippen molar-refractivity contribution in [3.63, 3.8) is 0 Å². The van der Waals surface area contributed by atoms with Crippen LogP contribution in [0.5, 0.6) is 0 Å². The molecule has 1 aromatic rings. The van der Waals surface area contributed by atoms with E-state index in [-0.39, 0.29) is 11.8 Å². The molecular weight excluding hydrogens is 216 g/mol. The first kappa shape index (κ1) is 13.0. The van der Waals surface area contributed by atoms with Crippen molar-refractivity contribution in [2.24, 2.45) is 0 Å². The molecule has 4 nitrogen and oxygen atoms in total. The average Bonchev–Trinajstić information content (AvgIpc) is 2.22. The van der Waals surface area contributed by atoms with E-state index in [9.17, 15) is 9.59 Å². The van der Waals surface area contributed by atoms with Crippen molar-refractivity contribution in [2.45, 2.75) is 20.8 Å². The van der Waals surface area contributed by atoms with Crippen LogP contribution >= 0.6 is 0 Å². The molecule has 0 bridgehead atoms. The summed E-state index contributed by atoms with van der Waals surface area (Å²) < 4.78 is 0. The van der Waals surface area contributed by atoms with E-state index in [2.05, 4.69) is 10.6 Å². The molecule has 17 heavy (non-hydrogen) atoms. The molecule has 1 aromatic carbocycles. The summed E-state index contributed by atoms with van der Waals surface area (Å²) in [7, 11) is 0. The lowest BCUT2D eigenvalue weighted by Crippen LogP contribution is -2.10. The number of nitrogens with one attached hydrogen (secondary N) is 2. The van der Waals surface area contributed by atoms with Gasteiger partial charge < -0.3 is 10.6 Å². The van der Waals surface area contributed by atoms with E-state index >= 15 is 0 Å². The molecule has 1 rings (SSSR count). The molecular formula is C13H16N2O2. The van der Waals surface area contributed by atoms with Crippen molar-refractivity contribution in [1.82, 2.24) is 0 Å². The maximum Gasteiger partial charge on any atom is 0.248 e. The third-order valence-corrected chi connectivity index (χ3v) is 2.12. The van der Waals surface area contributed by atoms with Crippen LogP contribution in [0.1, 0.15) is 19.4 Å². The fourth-order valence-corrected chi connectivity index (χ4v) is 1.41. The summed E-state index contributed by atoms with van der Waals surface area (Å²) in [5.74, 6) is -0.280. The molecule has 0 atom stereocenters. The van der Waals surface area contributed by atoms with Gasteiger partial charge in [0.25, 0.3) is 0 Å². The topological polar surface area (TPSA) is 58.2 Å². The highest BCUT2D eigenvalue weighted by Crippen LogP contribution is 2.19. The van der Waals surface area contributed by atoms with Gasteiger partial charge in [0.05, 0.1) is 0 Å². The standard InChI is InChI=1S/C13H16N2O2/c1-4-5-13(17)15-11-6-7-12(9(2)8-11)14-10(3)16/h4-8H,1-3H3,(H,14,16)(H,15,17)/b5-4+. The summed E-state index contributed by atoms with van der Waals surface area (Å²) in [6, 6.07) is 5.33. The lowest BCUT2D eigenvalue weighted by molar-refractivity contribution is -0.114. The van der Waals surface area contributed by atoms with E-state index in [1.54, 1.807) is 25.1 Å². The van der Waals surface area contributed by atoms with Gasteiger partial charge in [0.1, 0.15) is 0 Å². The molecule has 2 N–H and O–H groups in total. The summed E-state index contributed by atoms with van der Waals surface area (Å²) in [5, 5.41) is 5.44. The van der Waals surface area contributed by atoms with E-state index in [1.807, 2.05) is 13.0 Å².